The highest BCUT2D eigenvalue weighted by molar-refractivity contribution is 6.78. The number of halogens is 2. The van der Waals surface area contributed by atoms with Crippen LogP contribution in [0.25, 0.3) is 67.1 Å². The normalized spacial score (nSPS) is 15.0. The lowest BCUT2D eigenvalue weighted by Crippen LogP contribution is -2.32. The second-order valence-corrected chi connectivity index (χ2v) is 76.6. The van der Waals surface area contributed by atoms with E-state index in [4.69, 9.17) is 68.5 Å². The number of piperidine rings is 2. The molecule has 692 valence electrons. The maximum absolute atomic E-state index is 16.5. The monoisotopic (exact) mass is 1850 g/mol. The zero-order valence-corrected chi connectivity index (χ0v) is 86.0. The van der Waals surface area contributed by atoms with Crippen LogP contribution in [0.1, 0.15) is 114 Å². The third kappa shape index (κ3) is 23.1. The number of fused-ring (bicyclic) bond motifs is 4. The number of nitrogens with zero attached hydrogens (tertiary/aromatic N) is 16. The fraction of sp³-hybridized carbons (Fsp3) is 0.568. The molecule has 25 nitrogen and oxygen atoms in total. The molecule has 2 saturated heterocycles. The van der Waals surface area contributed by atoms with Gasteiger partial charge in [0.1, 0.15) is 73.1 Å². The first-order valence-corrected chi connectivity index (χ1v) is 68.9. The van der Waals surface area contributed by atoms with Crippen LogP contribution < -0.4 is 19.6 Å². The van der Waals surface area contributed by atoms with Gasteiger partial charge in [-0.2, -0.15) is 10.2 Å². The quantitative estimate of drug-likeness (QED) is 0.0205. The summed E-state index contributed by atoms with van der Waals surface area (Å²) in [7, 11) is -8.90. The Bertz CT molecular complexity index is 5270. The molecule has 0 aliphatic carbocycles. The number of hydrogen-bond acceptors (Lipinski definition) is 21. The van der Waals surface area contributed by atoms with Gasteiger partial charge in [0.25, 0.3) is 0 Å². The molecule has 128 heavy (non-hydrogen) atoms. The van der Waals surface area contributed by atoms with Gasteiger partial charge >= 0.3 is 0 Å². The van der Waals surface area contributed by atoms with Gasteiger partial charge in [0.2, 0.25) is 5.78 Å². The van der Waals surface area contributed by atoms with Crippen LogP contribution in [0.15, 0.2) is 60.9 Å². The van der Waals surface area contributed by atoms with E-state index in [0.29, 0.717) is 134 Å². The highest BCUT2D eigenvalue weighted by Gasteiger charge is 2.39. The standard InChI is InChI=1S/C95H140F2N16O9Si6/c1-21-67-71(51-75(96)73(89(67)114)59-117-37-43-123(3,4)5)65-29-31-69-79(49-65)112(63-121-41-47-127(15,16)17)104-85(69)94-100-77-55-108(57-81(77)110(94)61-119-39-45-125(9,10)11)92-87(98-53-83(102-92)106-33-25-23-26-34-106)91(116)88-93(103-84(54-99-88)107-35-27-24-28-36-107)109-56-78-82(58-109)111(62-120-40-46-126(12,13)14)95(101-78)86-70-32-30-66(50-80(70)113(105-86)64-122-42-48-128(18,19)20)72-52-76(97)74(90(115)68(72)22-2)60-118-38-44-124(6,7)8/h29-32,49-54,114-115H,21-28,33-48,55-64H2,1-20H3. The van der Waals surface area contributed by atoms with Crippen LogP contribution in [0, 0.1) is 11.6 Å². The molecule has 33 heteroatoms. The number of hydrogen-bond donors (Lipinski definition) is 2. The van der Waals surface area contributed by atoms with Crippen LogP contribution in [-0.4, -0.2) is 189 Å². The van der Waals surface area contributed by atoms with Crippen molar-refractivity contribution in [3.05, 3.63) is 129 Å². The van der Waals surface area contributed by atoms with Gasteiger partial charge in [-0.05, 0) is 146 Å². The number of phenols is 2. The van der Waals surface area contributed by atoms with Gasteiger partial charge in [-0.3, -0.25) is 4.79 Å². The zero-order valence-electron chi connectivity index (χ0n) is 80.0. The molecule has 2 N–H and O–H groups in total. The molecule has 4 aromatic carbocycles. The Morgan fingerprint density at radius 1 is 0.406 bits per heavy atom. The Kier molecular flexibility index (Phi) is 30.0. The van der Waals surface area contributed by atoms with E-state index in [-0.39, 0.29) is 87.2 Å². The average Bonchev–Trinajstić information content (AvgIpc) is 1.59. The van der Waals surface area contributed by atoms with Crippen molar-refractivity contribution < 1.29 is 52.2 Å². The second kappa shape index (κ2) is 40.1. The fourth-order valence-electron chi connectivity index (χ4n) is 17.0. The molecule has 0 atom stereocenters. The molecule has 6 aromatic heterocycles. The minimum absolute atomic E-state index is 0.0199. The van der Waals surface area contributed by atoms with Crippen molar-refractivity contribution in [2.24, 2.45) is 0 Å². The number of aromatic hydroxyl groups is 2. The summed E-state index contributed by atoms with van der Waals surface area (Å²) in [5.74, 6) is 1.79. The van der Waals surface area contributed by atoms with E-state index >= 15 is 13.6 Å². The number of phenolic OH excluding ortho intramolecular Hbond substituents is 2. The van der Waals surface area contributed by atoms with Crippen LogP contribution >= 0.6 is 0 Å². The van der Waals surface area contributed by atoms with Crippen molar-refractivity contribution in [1.29, 1.82) is 0 Å². The molecule has 4 aliphatic heterocycles. The molecular formula is C95H140F2N16O9Si6. The summed E-state index contributed by atoms with van der Waals surface area (Å²) in [6, 6.07) is 20.8. The van der Waals surface area contributed by atoms with E-state index in [1.54, 1.807) is 12.4 Å². The summed E-state index contributed by atoms with van der Waals surface area (Å²) < 4.78 is 79.8. The largest absolute Gasteiger partial charge is 0.507 e. The molecule has 0 saturated carbocycles. The lowest BCUT2D eigenvalue weighted by atomic mass is 9.93. The van der Waals surface area contributed by atoms with Gasteiger partial charge < -0.3 is 67.4 Å². The van der Waals surface area contributed by atoms with Crippen molar-refractivity contribution in [1.82, 2.24) is 58.6 Å². The Morgan fingerprint density at radius 2 is 0.742 bits per heavy atom. The topological polar surface area (TPSA) is 249 Å². The molecular weight excluding hydrogens is 1720 g/mol. The lowest BCUT2D eigenvalue weighted by molar-refractivity contribution is 0.0814. The molecule has 2 fully saturated rings. The molecule has 0 unspecified atom stereocenters. The van der Waals surface area contributed by atoms with Gasteiger partial charge in [-0.1, -0.05) is 144 Å². The Morgan fingerprint density at radius 3 is 1.08 bits per heavy atom. The van der Waals surface area contributed by atoms with Crippen LogP contribution in [0.2, 0.25) is 154 Å². The van der Waals surface area contributed by atoms with Gasteiger partial charge in [0.15, 0.2) is 34.7 Å². The van der Waals surface area contributed by atoms with Gasteiger partial charge in [0.05, 0.1) is 96.7 Å². The molecule has 10 heterocycles. The van der Waals surface area contributed by atoms with Crippen LogP contribution in [0.3, 0.4) is 0 Å². The minimum Gasteiger partial charge on any atom is -0.507 e. The smallest absolute Gasteiger partial charge is 0.237 e. The number of imidazole rings is 2. The molecule has 0 amide bonds. The predicted octanol–water partition coefficient (Wildman–Crippen LogP) is 21.1. The Labute approximate surface area is 762 Å². The van der Waals surface area contributed by atoms with E-state index < -0.39 is 65.9 Å². The zero-order chi connectivity index (χ0) is 91.5. The van der Waals surface area contributed by atoms with E-state index in [1.165, 1.54) is 12.1 Å². The van der Waals surface area contributed by atoms with Crippen molar-refractivity contribution >= 4 is 99.3 Å². The highest BCUT2D eigenvalue weighted by Crippen LogP contribution is 2.45. The molecule has 0 spiro atoms. The minimum atomic E-state index is -1.55. The molecule has 10 aromatic rings. The maximum Gasteiger partial charge on any atom is 0.237 e. The summed E-state index contributed by atoms with van der Waals surface area (Å²) in [4.78, 5) is 58.0. The molecule has 0 bridgehead atoms. The van der Waals surface area contributed by atoms with Crippen LogP contribution in [0.5, 0.6) is 11.5 Å². The summed E-state index contributed by atoms with van der Waals surface area (Å²) in [6.45, 7) is 53.9. The van der Waals surface area contributed by atoms with E-state index in [9.17, 15) is 10.2 Å². The number of carbonyl (C=O) groups is 1. The predicted molar refractivity (Wildman–Crippen MR) is 526 cm³/mol. The SMILES string of the molecule is CCc1c(-c2ccc3c(-c4nc5c(n4COCC[Si](C)(C)C)CN(c4nc(N6CCCCC6)cnc4C(=O)c4ncc(N6CCCCC6)nc4N4Cc6nc(-c7nn(COCC[Si](C)(C)C)c8cc(-c9cc(F)c(COCC[Si](C)(C)C)c(O)c9CC)ccc78)n(COCC[Si](C)(C)C)c6C4)C5)nn(COCC[Si](C)(C)C)c3c2)cc(F)c(COCC[Si](C)(C)C)c1O. The fourth-order valence-corrected chi connectivity index (χ4v) is 21.6. The first-order chi connectivity index (χ1) is 60.7. The molecule has 14 rings (SSSR count). The summed E-state index contributed by atoms with van der Waals surface area (Å²) in [5.41, 5.74) is 10.6. The van der Waals surface area contributed by atoms with E-state index in [1.807, 2.05) is 59.6 Å². The number of benzene rings is 4. The summed E-state index contributed by atoms with van der Waals surface area (Å²) >= 11 is 0. The summed E-state index contributed by atoms with van der Waals surface area (Å²) in [6.07, 6.45) is 10.6. The van der Waals surface area contributed by atoms with Crippen LogP contribution in [-0.2, 0) is 108 Å². The van der Waals surface area contributed by atoms with Gasteiger partial charge in [0, 0.05) is 136 Å². The summed E-state index contributed by atoms with van der Waals surface area (Å²) in [5, 5.41) is 36.2. The van der Waals surface area contributed by atoms with Crippen molar-refractivity contribution in [2.45, 2.75) is 286 Å². The van der Waals surface area contributed by atoms with Gasteiger partial charge in [-0.25, -0.2) is 48.0 Å². The van der Waals surface area contributed by atoms with Gasteiger partial charge in [-0.15, -0.1) is 0 Å². The van der Waals surface area contributed by atoms with Crippen molar-refractivity contribution in [2.75, 3.05) is 85.4 Å². The van der Waals surface area contributed by atoms with E-state index in [2.05, 4.69) is 147 Å². The van der Waals surface area contributed by atoms with Crippen molar-refractivity contribution in [3.8, 4) is 56.8 Å². The molecule has 4 aliphatic rings. The second-order valence-electron chi connectivity index (χ2n) is 42.9. The molecule has 0 radical (unpaired) electrons. The Balaban J connectivity index is 0.836. The van der Waals surface area contributed by atoms with Crippen LogP contribution in [0.4, 0.5) is 32.1 Å². The third-order valence-corrected chi connectivity index (χ3v) is 35.3. The maximum atomic E-state index is 16.5. The number of aromatic nitrogens is 12. The van der Waals surface area contributed by atoms with Crippen molar-refractivity contribution in [3.63, 3.8) is 0 Å². The average molecular weight is 1860 g/mol. The number of carbonyl (C=O) groups excluding carboxylic acids is 1. The first-order valence-electron chi connectivity index (χ1n) is 46.7. The van der Waals surface area contributed by atoms with E-state index in [0.717, 1.165) is 157 Å². The Hall–Kier alpha value is -8.21. The number of ether oxygens (including phenoxy) is 6. The number of anilines is 4. The third-order valence-electron chi connectivity index (χ3n) is 25.1. The number of ketones is 1. The highest BCUT2D eigenvalue weighted by atomic mass is 28.3. The first kappa shape index (κ1) is 95.9. The lowest BCUT2D eigenvalue weighted by Gasteiger charge is -2.30. The number of rotatable bonds is 42.